The van der Waals surface area contributed by atoms with E-state index in [-0.39, 0.29) is 0 Å². The van der Waals surface area contributed by atoms with Crippen LogP contribution in [0.1, 0.15) is 6.42 Å². The van der Waals surface area contributed by atoms with Crippen molar-refractivity contribution in [2.45, 2.75) is 6.42 Å². The minimum Gasteiger partial charge on any atom is -0.493 e. The lowest BCUT2D eigenvalue weighted by molar-refractivity contribution is 0.263. The normalized spacial score (nSPS) is 19.3. The summed E-state index contributed by atoms with van der Waals surface area (Å²) in [7, 11) is 0. The van der Waals surface area contributed by atoms with E-state index in [0.717, 1.165) is 41.2 Å². The fraction of sp³-hybridized carbons (Fsp3) is 0.333. The molecule has 1 saturated heterocycles. The first-order valence-electron chi connectivity index (χ1n) is 6.35. The molecule has 18 heavy (non-hydrogen) atoms. The number of rotatable bonds is 3. The predicted molar refractivity (Wildman–Crippen MR) is 75.4 cm³/mol. The molecule has 0 saturated carbocycles. The van der Waals surface area contributed by atoms with Crippen LogP contribution in [0.5, 0.6) is 5.75 Å². The molecule has 0 spiro atoms. The summed E-state index contributed by atoms with van der Waals surface area (Å²) in [6.07, 6.45) is 1.20. The molecule has 1 aliphatic rings. The van der Waals surface area contributed by atoms with Crippen molar-refractivity contribution in [2.24, 2.45) is 5.92 Å². The molecule has 1 N–H and O–H groups in total. The van der Waals surface area contributed by atoms with Gasteiger partial charge >= 0.3 is 0 Å². The van der Waals surface area contributed by atoms with E-state index in [4.69, 9.17) is 16.3 Å². The van der Waals surface area contributed by atoms with Crippen LogP contribution in [0.25, 0.3) is 10.8 Å². The molecule has 1 aliphatic heterocycles. The van der Waals surface area contributed by atoms with Gasteiger partial charge in [0.2, 0.25) is 0 Å². The number of fused-ring (bicyclic) bond motifs is 1. The van der Waals surface area contributed by atoms with E-state index in [1.54, 1.807) is 0 Å². The maximum Gasteiger partial charge on any atom is 0.127 e. The largest absolute Gasteiger partial charge is 0.493 e. The highest BCUT2D eigenvalue weighted by atomic mass is 35.5. The number of hydrogen-bond acceptors (Lipinski definition) is 2. The van der Waals surface area contributed by atoms with E-state index in [1.807, 2.05) is 30.3 Å². The lowest BCUT2D eigenvalue weighted by Gasteiger charge is -2.13. The quantitative estimate of drug-likeness (QED) is 0.913. The third kappa shape index (κ3) is 2.31. The molecule has 3 rings (SSSR count). The van der Waals surface area contributed by atoms with Gasteiger partial charge in [-0.2, -0.15) is 0 Å². The summed E-state index contributed by atoms with van der Waals surface area (Å²) in [5.74, 6) is 1.56. The smallest absolute Gasteiger partial charge is 0.127 e. The second-order valence-electron chi connectivity index (χ2n) is 4.76. The maximum atomic E-state index is 6.19. The number of hydrogen-bond donors (Lipinski definition) is 1. The molecule has 0 bridgehead atoms. The first-order valence-corrected chi connectivity index (χ1v) is 6.73. The fourth-order valence-corrected chi connectivity index (χ4v) is 2.65. The van der Waals surface area contributed by atoms with Crippen LogP contribution in [-0.4, -0.2) is 19.7 Å². The van der Waals surface area contributed by atoms with E-state index >= 15 is 0 Å². The van der Waals surface area contributed by atoms with E-state index < -0.39 is 0 Å². The minimum atomic E-state index is 0.624. The van der Waals surface area contributed by atoms with Crippen LogP contribution < -0.4 is 10.1 Å². The van der Waals surface area contributed by atoms with Crippen LogP contribution in [0.3, 0.4) is 0 Å². The summed E-state index contributed by atoms with van der Waals surface area (Å²) >= 11 is 6.19. The third-order valence-corrected chi connectivity index (χ3v) is 3.80. The molecule has 0 radical (unpaired) electrons. The zero-order valence-electron chi connectivity index (χ0n) is 10.2. The Morgan fingerprint density at radius 1 is 1.17 bits per heavy atom. The van der Waals surface area contributed by atoms with Crippen molar-refractivity contribution in [3.05, 3.63) is 41.4 Å². The summed E-state index contributed by atoms with van der Waals surface area (Å²) in [5.41, 5.74) is 0. The van der Waals surface area contributed by atoms with Crippen LogP contribution in [0.4, 0.5) is 0 Å². The highest BCUT2D eigenvalue weighted by Crippen LogP contribution is 2.31. The Balaban J connectivity index is 1.85. The zero-order valence-corrected chi connectivity index (χ0v) is 10.9. The van der Waals surface area contributed by atoms with E-state index in [0.29, 0.717) is 5.92 Å². The number of halogens is 1. The molecule has 0 unspecified atom stereocenters. The summed E-state index contributed by atoms with van der Waals surface area (Å²) in [6, 6.07) is 12.0. The van der Waals surface area contributed by atoms with E-state index in [2.05, 4.69) is 11.4 Å². The maximum absolute atomic E-state index is 6.19. The Hall–Kier alpha value is -1.25. The second kappa shape index (κ2) is 5.17. The van der Waals surface area contributed by atoms with Gasteiger partial charge in [-0.15, -0.1) is 0 Å². The van der Waals surface area contributed by atoms with Gasteiger partial charge < -0.3 is 10.1 Å². The molecule has 1 heterocycles. The molecule has 2 nitrogen and oxygen atoms in total. The molecular weight excluding hydrogens is 246 g/mol. The van der Waals surface area contributed by atoms with Crippen molar-refractivity contribution in [1.82, 2.24) is 5.32 Å². The second-order valence-corrected chi connectivity index (χ2v) is 5.17. The summed E-state index contributed by atoms with van der Waals surface area (Å²) in [6.45, 7) is 2.94. The third-order valence-electron chi connectivity index (χ3n) is 3.47. The van der Waals surface area contributed by atoms with Crippen molar-refractivity contribution >= 4 is 22.4 Å². The summed E-state index contributed by atoms with van der Waals surface area (Å²) in [4.78, 5) is 0. The molecule has 1 fully saturated rings. The molecular formula is C15H16ClNO. The minimum absolute atomic E-state index is 0.624. The van der Waals surface area contributed by atoms with Gasteiger partial charge in [-0.1, -0.05) is 35.9 Å². The number of nitrogens with one attached hydrogen (secondary N) is 1. The molecule has 94 valence electrons. The van der Waals surface area contributed by atoms with Gasteiger partial charge in [-0.25, -0.2) is 0 Å². The van der Waals surface area contributed by atoms with Gasteiger partial charge in [0, 0.05) is 28.3 Å². The molecule has 2 aromatic carbocycles. The Morgan fingerprint density at radius 3 is 2.78 bits per heavy atom. The van der Waals surface area contributed by atoms with Crippen LogP contribution in [-0.2, 0) is 0 Å². The summed E-state index contributed by atoms with van der Waals surface area (Å²) < 4.78 is 5.96. The molecule has 0 aromatic heterocycles. The van der Waals surface area contributed by atoms with Crippen molar-refractivity contribution in [3.8, 4) is 5.75 Å². The van der Waals surface area contributed by atoms with Crippen molar-refractivity contribution < 1.29 is 4.74 Å². The number of benzene rings is 2. The average molecular weight is 262 g/mol. The van der Waals surface area contributed by atoms with Gasteiger partial charge in [0.15, 0.2) is 0 Å². The number of ether oxygens (including phenoxy) is 1. The monoisotopic (exact) mass is 261 g/mol. The van der Waals surface area contributed by atoms with Crippen molar-refractivity contribution in [3.63, 3.8) is 0 Å². The molecule has 2 aromatic rings. The lowest BCUT2D eigenvalue weighted by Crippen LogP contribution is -2.15. The lowest BCUT2D eigenvalue weighted by atomic mass is 10.1. The average Bonchev–Trinajstić information content (AvgIpc) is 2.92. The van der Waals surface area contributed by atoms with Crippen molar-refractivity contribution in [1.29, 1.82) is 0 Å². The Morgan fingerprint density at radius 2 is 2.00 bits per heavy atom. The highest BCUT2D eigenvalue weighted by molar-refractivity contribution is 6.35. The van der Waals surface area contributed by atoms with Gasteiger partial charge in [0.05, 0.1) is 6.61 Å². The topological polar surface area (TPSA) is 21.3 Å². The Bertz CT molecular complexity index is 549. The van der Waals surface area contributed by atoms with E-state index in [1.165, 1.54) is 6.42 Å². The Kier molecular flexibility index (Phi) is 3.39. The predicted octanol–water partition coefficient (Wildman–Crippen LogP) is 3.48. The van der Waals surface area contributed by atoms with Crippen LogP contribution >= 0.6 is 11.6 Å². The zero-order chi connectivity index (χ0) is 12.4. The highest BCUT2D eigenvalue weighted by Gasteiger charge is 2.15. The Labute approximate surface area is 112 Å². The van der Waals surface area contributed by atoms with Gasteiger partial charge in [-0.05, 0) is 25.1 Å². The molecule has 0 amide bonds. The van der Waals surface area contributed by atoms with Crippen LogP contribution in [0.15, 0.2) is 36.4 Å². The standard InChI is InChI=1S/C15H16ClNO/c16-14-5-6-15(13-4-2-1-3-12(13)14)18-10-11-7-8-17-9-11/h1-6,11,17H,7-10H2/t11-/m1/s1. The van der Waals surface area contributed by atoms with Crippen LogP contribution in [0, 0.1) is 5.92 Å². The molecule has 0 aliphatic carbocycles. The first kappa shape index (κ1) is 11.8. The van der Waals surface area contributed by atoms with E-state index in [9.17, 15) is 0 Å². The van der Waals surface area contributed by atoms with Crippen LogP contribution in [0.2, 0.25) is 5.02 Å². The van der Waals surface area contributed by atoms with Gasteiger partial charge in [0.25, 0.3) is 0 Å². The fourth-order valence-electron chi connectivity index (χ4n) is 2.42. The molecule has 1 atom stereocenters. The first-order chi connectivity index (χ1) is 8.84. The SMILES string of the molecule is Clc1ccc(OC[C@@H]2CCNC2)c2ccccc12. The summed E-state index contributed by atoms with van der Waals surface area (Å²) in [5, 5.41) is 6.28. The van der Waals surface area contributed by atoms with Crippen molar-refractivity contribution in [2.75, 3.05) is 19.7 Å². The molecule has 3 heteroatoms. The van der Waals surface area contributed by atoms with Gasteiger partial charge in [0.1, 0.15) is 5.75 Å². The van der Waals surface area contributed by atoms with Gasteiger partial charge in [-0.3, -0.25) is 0 Å².